The molecule has 0 saturated carbocycles. The lowest BCUT2D eigenvalue weighted by Gasteiger charge is -2.26. The first kappa shape index (κ1) is 22.5. The molecule has 4 aromatic rings. The Morgan fingerprint density at radius 3 is 2.38 bits per heavy atom. The van der Waals surface area contributed by atoms with E-state index in [9.17, 15) is 4.79 Å². The van der Waals surface area contributed by atoms with Gasteiger partial charge in [0.15, 0.2) is 5.82 Å². The fourth-order valence-corrected chi connectivity index (χ4v) is 5.17. The van der Waals surface area contributed by atoms with Crippen LogP contribution < -0.4 is 11.0 Å². The lowest BCUT2D eigenvalue weighted by Crippen LogP contribution is -2.33. The molecule has 2 aromatic heterocycles. The first-order chi connectivity index (χ1) is 16.7. The van der Waals surface area contributed by atoms with Crippen molar-refractivity contribution in [2.75, 3.05) is 31.5 Å². The highest BCUT2D eigenvalue weighted by Crippen LogP contribution is 2.37. The summed E-state index contributed by atoms with van der Waals surface area (Å²) in [6.45, 7) is 9.57. The molecule has 5 rings (SSSR count). The molecule has 0 bridgehead atoms. The summed E-state index contributed by atoms with van der Waals surface area (Å²) in [7, 11) is 0. The molecule has 1 fully saturated rings. The molecule has 1 aliphatic heterocycles. The molecule has 0 radical (unpaired) electrons. The Labute approximate surface area is 200 Å². The van der Waals surface area contributed by atoms with Crippen LogP contribution in [0.3, 0.4) is 0 Å². The van der Waals surface area contributed by atoms with Gasteiger partial charge in [-0.3, -0.25) is 14.2 Å². The second kappa shape index (κ2) is 9.89. The minimum Gasteiger partial charge on any atom is -0.367 e. The molecule has 0 spiro atoms. The lowest BCUT2D eigenvalue weighted by molar-refractivity contribution is 0.237. The minimum absolute atomic E-state index is 0.0486. The number of aryl methyl sites for hydroxylation is 2. The third kappa shape index (κ3) is 4.16. The van der Waals surface area contributed by atoms with Gasteiger partial charge >= 0.3 is 5.69 Å². The van der Waals surface area contributed by atoms with Gasteiger partial charge in [0.2, 0.25) is 0 Å². The molecular formula is C27H34N6O. The van der Waals surface area contributed by atoms with E-state index in [1.807, 2.05) is 41.2 Å². The summed E-state index contributed by atoms with van der Waals surface area (Å²) in [4.78, 5) is 15.4. The van der Waals surface area contributed by atoms with E-state index in [0.717, 1.165) is 52.3 Å². The van der Waals surface area contributed by atoms with Gasteiger partial charge in [-0.15, -0.1) is 0 Å². The highest BCUT2D eigenvalue weighted by atomic mass is 16.1. The van der Waals surface area contributed by atoms with Crippen molar-refractivity contribution in [3.8, 4) is 22.4 Å². The van der Waals surface area contributed by atoms with Crippen LogP contribution in [0.4, 0.5) is 5.82 Å². The van der Waals surface area contributed by atoms with Crippen molar-refractivity contribution in [1.29, 1.82) is 0 Å². The molecule has 2 N–H and O–H groups in total. The molecule has 3 heterocycles. The van der Waals surface area contributed by atoms with Crippen LogP contribution in [0.5, 0.6) is 0 Å². The maximum Gasteiger partial charge on any atom is 0.329 e. The average molecular weight is 459 g/mol. The van der Waals surface area contributed by atoms with Crippen molar-refractivity contribution in [3.05, 3.63) is 59.0 Å². The molecule has 34 heavy (non-hydrogen) atoms. The third-order valence-electron chi connectivity index (χ3n) is 6.94. The number of imidazole rings is 1. The van der Waals surface area contributed by atoms with E-state index in [1.165, 1.54) is 32.4 Å². The summed E-state index contributed by atoms with van der Waals surface area (Å²) >= 11 is 0. The van der Waals surface area contributed by atoms with Gasteiger partial charge in [0.25, 0.3) is 0 Å². The van der Waals surface area contributed by atoms with Crippen LogP contribution in [0.2, 0.25) is 0 Å². The van der Waals surface area contributed by atoms with Gasteiger partial charge < -0.3 is 10.2 Å². The number of benzene rings is 2. The molecule has 7 nitrogen and oxygen atoms in total. The molecule has 0 amide bonds. The quantitative estimate of drug-likeness (QED) is 0.398. The van der Waals surface area contributed by atoms with E-state index in [4.69, 9.17) is 0 Å². The third-order valence-corrected chi connectivity index (χ3v) is 6.94. The number of nitrogens with zero attached hydrogens (tertiary/aromatic N) is 4. The van der Waals surface area contributed by atoms with Crippen molar-refractivity contribution >= 4 is 16.9 Å². The van der Waals surface area contributed by atoms with Crippen molar-refractivity contribution < 1.29 is 0 Å². The number of H-pyrrole nitrogens is 1. The van der Waals surface area contributed by atoms with E-state index in [1.54, 1.807) is 0 Å². The monoisotopic (exact) mass is 458 g/mol. The Balaban J connectivity index is 1.55. The highest BCUT2D eigenvalue weighted by Gasteiger charge is 2.20. The SMILES string of the molecule is CCn1c(=O)n(CC)c2cc(-c3c(NCCN4CCCCC4)n[nH]c3-c3ccccc3)ccc21. The number of piperidine rings is 1. The summed E-state index contributed by atoms with van der Waals surface area (Å²) < 4.78 is 3.70. The Morgan fingerprint density at radius 2 is 1.65 bits per heavy atom. The number of hydrogen-bond donors (Lipinski definition) is 2. The summed E-state index contributed by atoms with van der Waals surface area (Å²) in [6.07, 6.45) is 3.93. The van der Waals surface area contributed by atoms with E-state index in [0.29, 0.717) is 13.1 Å². The summed E-state index contributed by atoms with van der Waals surface area (Å²) in [5, 5.41) is 11.6. The number of rotatable bonds is 8. The lowest BCUT2D eigenvalue weighted by atomic mass is 10.00. The second-order valence-corrected chi connectivity index (χ2v) is 8.99. The normalized spacial score (nSPS) is 14.6. The predicted octanol–water partition coefficient (Wildman–Crippen LogP) is 4.80. The smallest absolute Gasteiger partial charge is 0.329 e. The van der Waals surface area contributed by atoms with Crippen molar-refractivity contribution in [1.82, 2.24) is 24.2 Å². The van der Waals surface area contributed by atoms with Gasteiger partial charge in [-0.2, -0.15) is 5.10 Å². The van der Waals surface area contributed by atoms with Crippen molar-refractivity contribution in [2.24, 2.45) is 0 Å². The standard InChI is InChI=1S/C27H34N6O/c1-3-32-22-14-13-21(19-23(22)33(4-2)27(32)34)24-25(20-11-7-5-8-12-20)29-30-26(24)28-15-18-31-16-9-6-10-17-31/h5,7-8,11-14,19H,3-4,6,9-10,15-18H2,1-2H3,(H2,28,29,30). The first-order valence-electron chi connectivity index (χ1n) is 12.5. The van der Waals surface area contributed by atoms with E-state index >= 15 is 0 Å². The molecule has 0 atom stereocenters. The fourth-order valence-electron chi connectivity index (χ4n) is 5.17. The average Bonchev–Trinajstić information content (AvgIpc) is 3.42. The van der Waals surface area contributed by atoms with Gasteiger partial charge in [0.05, 0.1) is 22.3 Å². The van der Waals surface area contributed by atoms with Crippen LogP contribution in [0, 0.1) is 0 Å². The Hall–Kier alpha value is -3.32. The molecule has 0 unspecified atom stereocenters. The maximum absolute atomic E-state index is 12.9. The molecule has 1 saturated heterocycles. The summed E-state index contributed by atoms with van der Waals surface area (Å²) in [5.74, 6) is 0.857. The second-order valence-electron chi connectivity index (χ2n) is 8.99. The zero-order chi connectivity index (χ0) is 23.5. The van der Waals surface area contributed by atoms with Gasteiger partial charge in [-0.1, -0.05) is 42.8 Å². The number of aromatic nitrogens is 4. The van der Waals surface area contributed by atoms with Gasteiger partial charge in [0, 0.05) is 31.7 Å². The number of aromatic amines is 1. The number of hydrogen-bond acceptors (Lipinski definition) is 4. The molecule has 178 valence electrons. The Kier molecular flexibility index (Phi) is 6.54. The number of anilines is 1. The molecular weight excluding hydrogens is 424 g/mol. The predicted molar refractivity (Wildman–Crippen MR) is 139 cm³/mol. The van der Waals surface area contributed by atoms with Crippen LogP contribution in [0.1, 0.15) is 33.1 Å². The molecule has 2 aromatic carbocycles. The van der Waals surface area contributed by atoms with Crippen LogP contribution in [0.15, 0.2) is 53.3 Å². The van der Waals surface area contributed by atoms with Crippen molar-refractivity contribution in [2.45, 2.75) is 46.2 Å². The van der Waals surface area contributed by atoms with Crippen molar-refractivity contribution in [3.63, 3.8) is 0 Å². The van der Waals surface area contributed by atoms with Gasteiger partial charge in [-0.25, -0.2) is 4.79 Å². The highest BCUT2D eigenvalue weighted by molar-refractivity contribution is 5.92. The topological polar surface area (TPSA) is 70.9 Å². The van der Waals surface area contributed by atoms with Gasteiger partial charge in [-0.05, 0) is 57.5 Å². The Morgan fingerprint density at radius 1 is 0.912 bits per heavy atom. The number of nitrogens with one attached hydrogen (secondary N) is 2. The van der Waals surface area contributed by atoms with E-state index in [-0.39, 0.29) is 5.69 Å². The van der Waals surface area contributed by atoms with Gasteiger partial charge in [0.1, 0.15) is 0 Å². The largest absolute Gasteiger partial charge is 0.367 e. The first-order valence-corrected chi connectivity index (χ1v) is 12.5. The summed E-state index contributed by atoms with van der Waals surface area (Å²) in [6, 6.07) is 16.6. The molecule has 7 heteroatoms. The zero-order valence-corrected chi connectivity index (χ0v) is 20.2. The van der Waals surface area contributed by atoms with Crippen LogP contribution in [-0.2, 0) is 13.1 Å². The van der Waals surface area contributed by atoms with Crippen LogP contribution in [0.25, 0.3) is 33.4 Å². The molecule has 0 aliphatic carbocycles. The van der Waals surface area contributed by atoms with E-state index in [2.05, 4.69) is 50.7 Å². The Bertz CT molecular complexity index is 1310. The van der Waals surface area contributed by atoms with Crippen LogP contribution >= 0.6 is 0 Å². The number of likely N-dealkylation sites (tertiary alicyclic amines) is 1. The van der Waals surface area contributed by atoms with E-state index < -0.39 is 0 Å². The van der Waals surface area contributed by atoms with Crippen LogP contribution in [-0.4, -0.2) is 50.4 Å². The zero-order valence-electron chi connectivity index (χ0n) is 20.2. The fraction of sp³-hybridized carbons (Fsp3) is 0.407. The minimum atomic E-state index is 0.0486. The maximum atomic E-state index is 12.9. The number of fused-ring (bicyclic) bond motifs is 1. The molecule has 1 aliphatic rings. The summed E-state index contributed by atoms with van der Waals surface area (Å²) in [5.41, 5.74) is 6.16.